The largest absolute Gasteiger partial charge is 0.370 e. The first-order valence-corrected chi connectivity index (χ1v) is 5.09. The molecule has 86 valence electrons. The fraction of sp³-hybridized carbons (Fsp3) is 0.111. The highest BCUT2D eigenvalue weighted by Gasteiger charge is 2.04. The SMILES string of the molecule is Cc1cc(Br)c(F)cc1N=C(N)N=C(N)N. The molecule has 0 aliphatic heterocycles. The Morgan fingerprint density at radius 3 is 2.50 bits per heavy atom. The van der Waals surface area contributed by atoms with E-state index in [1.54, 1.807) is 13.0 Å². The van der Waals surface area contributed by atoms with Crippen LogP contribution in [0.3, 0.4) is 0 Å². The molecule has 0 aliphatic rings. The first-order chi connectivity index (χ1) is 7.40. The molecule has 0 amide bonds. The number of guanidine groups is 2. The third-order valence-electron chi connectivity index (χ3n) is 1.72. The van der Waals surface area contributed by atoms with Gasteiger partial charge in [-0.15, -0.1) is 0 Å². The molecular weight excluding hydrogens is 277 g/mol. The predicted molar refractivity (Wildman–Crippen MR) is 65.9 cm³/mol. The molecule has 0 aliphatic carbocycles. The first kappa shape index (κ1) is 12.4. The van der Waals surface area contributed by atoms with E-state index in [1.807, 2.05) is 0 Å². The molecule has 1 aromatic carbocycles. The first-order valence-electron chi connectivity index (χ1n) is 4.29. The van der Waals surface area contributed by atoms with Crippen LogP contribution < -0.4 is 17.2 Å². The molecule has 0 spiro atoms. The van der Waals surface area contributed by atoms with Crippen LogP contribution in [-0.4, -0.2) is 11.9 Å². The van der Waals surface area contributed by atoms with Gasteiger partial charge in [-0.1, -0.05) is 0 Å². The summed E-state index contributed by atoms with van der Waals surface area (Å²) in [4.78, 5) is 7.42. The van der Waals surface area contributed by atoms with Crippen LogP contribution in [0, 0.1) is 12.7 Å². The molecule has 6 N–H and O–H groups in total. The lowest BCUT2D eigenvalue weighted by molar-refractivity contribution is 0.621. The average molecular weight is 288 g/mol. The van der Waals surface area contributed by atoms with Gasteiger partial charge in [-0.05, 0) is 34.5 Å². The van der Waals surface area contributed by atoms with Crippen molar-refractivity contribution in [2.75, 3.05) is 0 Å². The summed E-state index contributed by atoms with van der Waals surface area (Å²) < 4.78 is 13.6. The number of aliphatic imine (C=N–C) groups is 2. The van der Waals surface area contributed by atoms with E-state index < -0.39 is 5.82 Å². The Morgan fingerprint density at radius 2 is 1.94 bits per heavy atom. The van der Waals surface area contributed by atoms with E-state index in [-0.39, 0.29) is 11.9 Å². The van der Waals surface area contributed by atoms with Gasteiger partial charge < -0.3 is 17.2 Å². The lowest BCUT2D eigenvalue weighted by Crippen LogP contribution is -2.26. The van der Waals surface area contributed by atoms with Crippen molar-refractivity contribution in [3.63, 3.8) is 0 Å². The molecule has 5 nitrogen and oxygen atoms in total. The quantitative estimate of drug-likeness (QED) is 0.533. The Balaban J connectivity index is 3.15. The van der Waals surface area contributed by atoms with E-state index in [0.29, 0.717) is 10.2 Å². The van der Waals surface area contributed by atoms with Crippen LogP contribution in [0.4, 0.5) is 10.1 Å². The van der Waals surface area contributed by atoms with Gasteiger partial charge in [0.2, 0.25) is 5.96 Å². The Labute approximate surface area is 100 Å². The fourth-order valence-electron chi connectivity index (χ4n) is 1.04. The molecule has 0 aromatic heterocycles. The van der Waals surface area contributed by atoms with Crippen molar-refractivity contribution in [1.82, 2.24) is 0 Å². The maximum absolute atomic E-state index is 13.2. The molecule has 0 unspecified atom stereocenters. The third-order valence-corrected chi connectivity index (χ3v) is 2.33. The summed E-state index contributed by atoms with van der Waals surface area (Å²) in [7, 11) is 0. The maximum atomic E-state index is 13.2. The Hall–Kier alpha value is -1.63. The number of nitrogens with zero attached hydrogens (tertiary/aromatic N) is 2. The molecule has 0 radical (unpaired) electrons. The standard InChI is InChI=1S/C9H11BrFN5/c1-4-2-5(10)6(11)3-7(4)15-9(14)16-8(12)13/h2-3H,1H3,(H6,12,13,14,15,16). The highest BCUT2D eigenvalue weighted by molar-refractivity contribution is 9.10. The summed E-state index contributed by atoms with van der Waals surface area (Å²) in [6.07, 6.45) is 0. The minimum Gasteiger partial charge on any atom is -0.370 e. The van der Waals surface area contributed by atoms with E-state index in [2.05, 4.69) is 25.9 Å². The van der Waals surface area contributed by atoms with Crippen molar-refractivity contribution >= 4 is 33.5 Å². The van der Waals surface area contributed by atoms with E-state index in [1.165, 1.54) is 6.07 Å². The smallest absolute Gasteiger partial charge is 0.223 e. The Kier molecular flexibility index (Phi) is 3.83. The molecule has 16 heavy (non-hydrogen) atoms. The number of aryl methyl sites for hydroxylation is 1. The number of hydrogen-bond donors (Lipinski definition) is 3. The van der Waals surface area contributed by atoms with Crippen molar-refractivity contribution in [3.8, 4) is 0 Å². The fourth-order valence-corrected chi connectivity index (χ4v) is 1.49. The zero-order valence-corrected chi connectivity index (χ0v) is 10.1. The van der Waals surface area contributed by atoms with Crippen molar-refractivity contribution in [1.29, 1.82) is 0 Å². The average Bonchev–Trinajstić information content (AvgIpc) is 2.12. The van der Waals surface area contributed by atoms with Crippen LogP contribution in [0.25, 0.3) is 0 Å². The lowest BCUT2D eigenvalue weighted by atomic mass is 10.2. The minimum absolute atomic E-state index is 0.121. The van der Waals surface area contributed by atoms with E-state index >= 15 is 0 Å². The molecule has 0 saturated carbocycles. The van der Waals surface area contributed by atoms with Gasteiger partial charge in [0.05, 0.1) is 10.2 Å². The lowest BCUT2D eigenvalue weighted by Gasteiger charge is -2.02. The molecular formula is C9H11BrFN5. The van der Waals surface area contributed by atoms with Crippen LogP contribution in [0.1, 0.15) is 5.56 Å². The molecule has 7 heteroatoms. The molecule has 0 heterocycles. The van der Waals surface area contributed by atoms with Crippen molar-refractivity contribution in [3.05, 3.63) is 28.0 Å². The summed E-state index contributed by atoms with van der Waals surface area (Å²) in [5.41, 5.74) is 16.8. The Bertz CT molecular complexity index is 465. The summed E-state index contributed by atoms with van der Waals surface area (Å²) in [6.45, 7) is 1.77. The maximum Gasteiger partial charge on any atom is 0.223 e. The van der Waals surface area contributed by atoms with Gasteiger partial charge in [0, 0.05) is 6.07 Å². The highest BCUT2D eigenvalue weighted by Crippen LogP contribution is 2.25. The van der Waals surface area contributed by atoms with Crippen LogP contribution >= 0.6 is 15.9 Å². The van der Waals surface area contributed by atoms with E-state index in [0.717, 1.165) is 5.56 Å². The molecule has 0 bridgehead atoms. The third kappa shape index (κ3) is 3.20. The van der Waals surface area contributed by atoms with E-state index in [9.17, 15) is 4.39 Å². The number of hydrogen-bond acceptors (Lipinski definition) is 1. The number of halogens is 2. The molecule has 1 rings (SSSR count). The van der Waals surface area contributed by atoms with Crippen LogP contribution in [-0.2, 0) is 0 Å². The van der Waals surface area contributed by atoms with Crippen molar-refractivity contribution in [2.24, 2.45) is 27.2 Å². The van der Waals surface area contributed by atoms with Gasteiger partial charge >= 0.3 is 0 Å². The molecule has 0 atom stereocenters. The number of rotatable bonds is 1. The molecule has 0 fully saturated rings. The number of benzene rings is 1. The summed E-state index contributed by atoms with van der Waals surface area (Å²) in [5.74, 6) is -0.747. The van der Waals surface area contributed by atoms with Gasteiger partial charge in [0.25, 0.3) is 0 Å². The summed E-state index contributed by atoms with van der Waals surface area (Å²) in [5, 5.41) is 0. The highest BCUT2D eigenvalue weighted by atomic mass is 79.9. The zero-order valence-electron chi connectivity index (χ0n) is 8.54. The van der Waals surface area contributed by atoms with Gasteiger partial charge in [0.15, 0.2) is 5.96 Å². The molecule has 0 saturated heterocycles. The second-order valence-corrected chi connectivity index (χ2v) is 3.91. The predicted octanol–water partition coefficient (Wildman–Crippen LogP) is 1.12. The van der Waals surface area contributed by atoms with Crippen molar-refractivity contribution < 1.29 is 4.39 Å². The topological polar surface area (TPSA) is 103 Å². The molecule has 1 aromatic rings. The van der Waals surface area contributed by atoms with Crippen molar-refractivity contribution in [2.45, 2.75) is 6.92 Å². The van der Waals surface area contributed by atoms with E-state index in [4.69, 9.17) is 17.2 Å². The van der Waals surface area contributed by atoms with Gasteiger partial charge in [-0.3, -0.25) is 0 Å². The zero-order chi connectivity index (χ0) is 12.3. The Morgan fingerprint density at radius 1 is 1.31 bits per heavy atom. The second-order valence-electron chi connectivity index (χ2n) is 3.06. The summed E-state index contributed by atoms with van der Waals surface area (Å²) >= 11 is 3.06. The van der Waals surface area contributed by atoms with Crippen LogP contribution in [0.5, 0.6) is 0 Å². The van der Waals surface area contributed by atoms with Gasteiger partial charge in [0.1, 0.15) is 5.82 Å². The van der Waals surface area contributed by atoms with Crippen LogP contribution in [0.2, 0.25) is 0 Å². The second kappa shape index (κ2) is 4.93. The normalized spacial score (nSPS) is 11.3. The minimum atomic E-state index is -0.429. The van der Waals surface area contributed by atoms with Gasteiger partial charge in [-0.2, -0.15) is 4.99 Å². The summed E-state index contributed by atoms with van der Waals surface area (Å²) in [6, 6.07) is 2.84. The van der Waals surface area contributed by atoms with Crippen LogP contribution in [0.15, 0.2) is 26.6 Å². The number of nitrogens with two attached hydrogens (primary N) is 3. The monoisotopic (exact) mass is 287 g/mol. The van der Waals surface area contributed by atoms with Gasteiger partial charge in [-0.25, -0.2) is 9.38 Å².